The normalized spacial score (nSPS) is 11.1. The Balaban J connectivity index is 2.02. The van der Waals surface area contributed by atoms with Crippen LogP contribution in [0.4, 0.5) is 4.79 Å². The van der Waals surface area contributed by atoms with Gasteiger partial charge in [0.2, 0.25) is 7.14 Å². The molecular weight excluding hydrogens is 369 g/mol. The molecule has 4 nitrogen and oxygen atoms in total. The van der Waals surface area contributed by atoms with Gasteiger partial charge in [-0.1, -0.05) is 78.4 Å². The largest absolute Gasteiger partial charge is 0.303 e. The summed E-state index contributed by atoms with van der Waals surface area (Å²) in [7, 11) is -3.70. The lowest BCUT2D eigenvalue weighted by molar-refractivity contribution is 0.0968. The minimum Gasteiger partial charge on any atom is -0.303 e. The highest BCUT2D eigenvalue weighted by molar-refractivity contribution is 7.92. The molecule has 0 aliphatic heterocycles. The fourth-order valence-electron chi connectivity index (χ4n) is 3.44. The van der Waals surface area contributed by atoms with Crippen molar-refractivity contribution in [1.82, 2.24) is 5.32 Å². The van der Waals surface area contributed by atoms with E-state index in [-0.39, 0.29) is 0 Å². The predicted octanol–water partition coefficient (Wildman–Crippen LogP) is 4.48. The molecule has 0 saturated heterocycles. The van der Waals surface area contributed by atoms with Crippen molar-refractivity contribution >= 4 is 29.3 Å². The smallest absolute Gasteiger partial charge is 0.294 e. The van der Waals surface area contributed by atoms with E-state index in [1.54, 1.807) is 60.7 Å². The summed E-state index contributed by atoms with van der Waals surface area (Å²) in [4.78, 5) is 26.0. The summed E-state index contributed by atoms with van der Waals surface area (Å²) in [5.74, 6) is -0.535. The Morgan fingerprint density at radius 1 is 0.750 bits per heavy atom. The summed E-state index contributed by atoms with van der Waals surface area (Å²) >= 11 is 0. The molecule has 0 heterocycles. The zero-order valence-electron chi connectivity index (χ0n) is 16.1. The number of benzene rings is 3. The van der Waals surface area contributed by atoms with E-state index in [4.69, 9.17) is 0 Å². The molecular formula is C23H22NO3P. The van der Waals surface area contributed by atoms with E-state index in [9.17, 15) is 14.2 Å². The Kier molecular flexibility index (Phi) is 5.62. The second kappa shape index (κ2) is 7.95. The molecule has 142 valence electrons. The van der Waals surface area contributed by atoms with E-state index >= 15 is 0 Å². The van der Waals surface area contributed by atoms with Crippen LogP contribution in [0, 0.1) is 20.8 Å². The summed E-state index contributed by atoms with van der Waals surface area (Å²) in [6.07, 6.45) is 0. The van der Waals surface area contributed by atoms with Gasteiger partial charge in [-0.25, -0.2) is 0 Å². The number of hydrogen-bond donors (Lipinski definition) is 1. The van der Waals surface area contributed by atoms with Gasteiger partial charge in [-0.05, 0) is 31.9 Å². The number of nitrogens with one attached hydrogen (secondary N) is 1. The van der Waals surface area contributed by atoms with Gasteiger partial charge in [0, 0.05) is 16.2 Å². The zero-order valence-corrected chi connectivity index (χ0v) is 17.0. The van der Waals surface area contributed by atoms with Crippen molar-refractivity contribution in [3.05, 3.63) is 95.1 Å². The molecule has 0 atom stereocenters. The zero-order chi connectivity index (χ0) is 20.3. The second-order valence-corrected chi connectivity index (χ2v) is 9.47. The molecule has 0 unspecified atom stereocenters. The topological polar surface area (TPSA) is 63.2 Å². The average Bonchev–Trinajstić information content (AvgIpc) is 2.67. The lowest BCUT2D eigenvalue weighted by Crippen LogP contribution is -2.35. The Morgan fingerprint density at radius 2 is 1.18 bits per heavy atom. The average molecular weight is 391 g/mol. The van der Waals surface area contributed by atoms with E-state index in [0.717, 1.165) is 16.7 Å². The number of hydrogen-bond acceptors (Lipinski definition) is 3. The number of aryl methyl sites for hydroxylation is 3. The monoisotopic (exact) mass is 391 g/mol. The third-order valence-electron chi connectivity index (χ3n) is 4.65. The quantitative estimate of drug-likeness (QED) is 0.667. The van der Waals surface area contributed by atoms with Gasteiger partial charge in [-0.15, -0.1) is 0 Å². The SMILES string of the molecule is Cc1cc(C)c(C(=O)NC(=O)P(=O)(c2ccccc2)c2ccccc2)c(C)c1. The van der Waals surface area contributed by atoms with Crippen LogP contribution < -0.4 is 15.9 Å². The van der Waals surface area contributed by atoms with Crippen LogP contribution in [0.3, 0.4) is 0 Å². The number of carbonyl (C=O) groups excluding carboxylic acids is 2. The molecule has 0 aliphatic carbocycles. The van der Waals surface area contributed by atoms with Crippen LogP contribution in [-0.4, -0.2) is 11.6 Å². The predicted molar refractivity (Wildman–Crippen MR) is 113 cm³/mol. The van der Waals surface area contributed by atoms with Gasteiger partial charge in [0.05, 0.1) is 0 Å². The van der Waals surface area contributed by atoms with Crippen LogP contribution in [0.15, 0.2) is 72.8 Å². The second-order valence-electron chi connectivity index (χ2n) is 6.81. The first kappa shape index (κ1) is 19.8. The van der Waals surface area contributed by atoms with E-state index in [1.165, 1.54) is 0 Å². The molecule has 1 N–H and O–H groups in total. The van der Waals surface area contributed by atoms with Gasteiger partial charge in [0.1, 0.15) is 0 Å². The van der Waals surface area contributed by atoms with Crippen molar-refractivity contribution in [3.8, 4) is 0 Å². The highest BCUT2D eigenvalue weighted by atomic mass is 31.2. The van der Waals surface area contributed by atoms with Gasteiger partial charge in [-0.2, -0.15) is 0 Å². The van der Waals surface area contributed by atoms with Crippen LogP contribution >= 0.6 is 7.14 Å². The molecule has 0 aliphatic rings. The van der Waals surface area contributed by atoms with Gasteiger partial charge >= 0.3 is 0 Å². The van der Waals surface area contributed by atoms with Crippen molar-refractivity contribution in [1.29, 1.82) is 0 Å². The summed E-state index contributed by atoms with van der Waals surface area (Å²) in [5.41, 5.74) is 2.24. The van der Waals surface area contributed by atoms with E-state index in [0.29, 0.717) is 16.2 Å². The van der Waals surface area contributed by atoms with Crippen LogP contribution in [0.1, 0.15) is 27.0 Å². The Labute approximate surface area is 165 Å². The van der Waals surface area contributed by atoms with Crippen LogP contribution in [0.5, 0.6) is 0 Å². The van der Waals surface area contributed by atoms with Gasteiger partial charge < -0.3 is 4.57 Å². The summed E-state index contributed by atoms with van der Waals surface area (Å²) in [6.45, 7) is 5.60. The van der Waals surface area contributed by atoms with Gasteiger partial charge in [0.15, 0.2) is 0 Å². The fourth-order valence-corrected chi connectivity index (χ4v) is 5.65. The number of imide groups is 1. The summed E-state index contributed by atoms with van der Waals surface area (Å²) in [6, 6.07) is 20.9. The first-order chi connectivity index (χ1) is 13.3. The van der Waals surface area contributed by atoms with Crippen LogP contribution in [-0.2, 0) is 4.57 Å². The lowest BCUT2D eigenvalue weighted by Gasteiger charge is -2.19. The van der Waals surface area contributed by atoms with E-state index in [1.807, 2.05) is 32.9 Å². The molecule has 3 aromatic rings. The van der Waals surface area contributed by atoms with Crippen molar-refractivity contribution < 1.29 is 14.2 Å². The van der Waals surface area contributed by atoms with E-state index < -0.39 is 18.7 Å². The lowest BCUT2D eigenvalue weighted by atomic mass is 9.99. The minimum atomic E-state index is -3.70. The fraction of sp³-hybridized carbons (Fsp3) is 0.130. The molecule has 0 radical (unpaired) electrons. The molecule has 2 amide bonds. The van der Waals surface area contributed by atoms with Crippen LogP contribution in [0.25, 0.3) is 0 Å². The first-order valence-electron chi connectivity index (χ1n) is 8.99. The summed E-state index contributed by atoms with van der Waals surface area (Å²) in [5, 5.41) is 3.18. The van der Waals surface area contributed by atoms with Crippen molar-refractivity contribution in [2.24, 2.45) is 0 Å². The molecule has 3 rings (SSSR count). The highest BCUT2D eigenvalue weighted by Gasteiger charge is 2.37. The molecule has 5 heteroatoms. The molecule has 28 heavy (non-hydrogen) atoms. The third kappa shape index (κ3) is 3.69. The molecule has 0 fully saturated rings. The Hall–Kier alpha value is -2.97. The molecule has 0 saturated carbocycles. The molecule has 0 spiro atoms. The van der Waals surface area contributed by atoms with Crippen molar-refractivity contribution in [3.63, 3.8) is 0 Å². The number of carbonyl (C=O) groups is 2. The maximum absolute atomic E-state index is 13.9. The number of amides is 2. The van der Waals surface area contributed by atoms with Gasteiger partial charge in [0.25, 0.3) is 11.6 Å². The van der Waals surface area contributed by atoms with Crippen LogP contribution in [0.2, 0.25) is 0 Å². The maximum atomic E-state index is 13.9. The maximum Gasteiger partial charge on any atom is 0.294 e. The Morgan fingerprint density at radius 3 is 1.61 bits per heavy atom. The standard InChI is InChI=1S/C23H22NO3P/c1-16-14-17(2)21(18(3)15-16)22(25)24-23(26)28(27,19-10-6-4-7-11-19)20-12-8-5-9-13-20/h4-15H,1-3H3,(H,24,25,26). The minimum absolute atomic E-state index is 0.392. The van der Waals surface area contributed by atoms with Crippen molar-refractivity contribution in [2.75, 3.05) is 0 Å². The van der Waals surface area contributed by atoms with Crippen molar-refractivity contribution in [2.45, 2.75) is 20.8 Å². The van der Waals surface area contributed by atoms with Gasteiger partial charge in [-0.3, -0.25) is 14.9 Å². The number of rotatable bonds is 4. The Bertz CT molecular complexity index is 1010. The molecule has 0 bridgehead atoms. The third-order valence-corrected chi connectivity index (χ3v) is 7.38. The summed E-state index contributed by atoms with van der Waals surface area (Å²) < 4.78 is 13.9. The molecule has 0 aromatic heterocycles. The first-order valence-corrected chi connectivity index (χ1v) is 10.7. The highest BCUT2D eigenvalue weighted by Crippen LogP contribution is 2.44. The molecule has 3 aromatic carbocycles. The van der Waals surface area contributed by atoms with E-state index in [2.05, 4.69) is 5.32 Å².